The summed E-state index contributed by atoms with van der Waals surface area (Å²) in [6.07, 6.45) is 4.73. The van der Waals surface area contributed by atoms with Crippen molar-refractivity contribution in [3.05, 3.63) is 76.3 Å². The molecule has 7 heteroatoms. The molecule has 0 bridgehead atoms. The fourth-order valence-corrected chi connectivity index (χ4v) is 2.65. The number of pyridine rings is 1. The second-order valence-corrected chi connectivity index (χ2v) is 6.30. The molecule has 1 aromatic carbocycles. The van der Waals surface area contributed by atoms with E-state index in [4.69, 9.17) is 0 Å². The molecule has 126 valence electrons. The molecule has 0 aliphatic heterocycles. The molecule has 0 saturated heterocycles. The highest BCUT2D eigenvalue weighted by atomic mass is 79.9. The van der Waals surface area contributed by atoms with E-state index < -0.39 is 0 Å². The van der Waals surface area contributed by atoms with Crippen molar-refractivity contribution in [1.82, 2.24) is 15.0 Å². The van der Waals surface area contributed by atoms with Crippen LogP contribution in [-0.2, 0) is 6.54 Å². The summed E-state index contributed by atoms with van der Waals surface area (Å²) in [7, 11) is 0. The molecule has 0 spiro atoms. The number of carbonyl (C=O) groups excluding carboxylic acids is 1. The number of aryl methyl sites for hydroxylation is 1. The minimum absolute atomic E-state index is 0.248. The van der Waals surface area contributed by atoms with E-state index >= 15 is 0 Å². The summed E-state index contributed by atoms with van der Waals surface area (Å²) in [6.45, 7) is 2.45. The maximum atomic E-state index is 12.3. The van der Waals surface area contributed by atoms with E-state index in [1.165, 1.54) is 12.4 Å². The lowest BCUT2D eigenvalue weighted by Gasteiger charge is -2.09. The third kappa shape index (κ3) is 4.60. The van der Waals surface area contributed by atoms with Gasteiger partial charge in [0.2, 0.25) is 5.95 Å². The predicted octanol–water partition coefficient (Wildman–Crippen LogP) is 3.81. The first kappa shape index (κ1) is 17.0. The molecule has 25 heavy (non-hydrogen) atoms. The van der Waals surface area contributed by atoms with Crippen LogP contribution in [0, 0.1) is 6.92 Å². The Labute approximate surface area is 153 Å². The Morgan fingerprint density at radius 2 is 1.92 bits per heavy atom. The summed E-state index contributed by atoms with van der Waals surface area (Å²) in [5.41, 5.74) is 3.01. The monoisotopic (exact) mass is 397 g/mol. The van der Waals surface area contributed by atoms with Gasteiger partial charge >= 0.3 is 0 Å². The number of nitrogens with one attached hydrogen (secondary N) is 2. The molecule has 6 nitrogen and oxygen atoms in total. The molecule has 1 amide bonds. The number of benzene rings is 1. The number of hydrogen-bond acceptors (Lipinski definition) is 5. The molecule has 3 aromatic rings. The van der Waals surface area contributed by atoms with E-state index in [1.54, 1.807) is 6.20 Å². The lowest BCUT2D eigenvalue weighted by Crippen LogP contribution is -2.14. The number of carbonyl (C=O) groups is 1. The zero-order chi connectivity index (χ0) is 17.6. The van der Waals surface area contributed by atoms with E-state index in [-0.39, 0.29) is 5.91 Å². The maximum Gasteiger partial charge on any atom is 0.258 e. The average molecular weight is 398 g/mol. The van der Waals surface area contributed by atoms with Crippen molar-refractivity contribution in [2.75, 3.05) is 10.6 Å². The fraction of sp³-hybridized carbons (Fsp3) is 0.111. The van der Waals surface area contributed by atoms with E-state index in [1.807, 2.05) is 43.3 Å². The van der Waals surface area contributed by atoms with Gasteiger partial charge in [-0.1, -0.05) is 22.0 Å². The Morgan fingerprint density at radius 3 is 2.60 bits per heavy atom. The average Bonchev–Trinajstić information content (AvgIpc) is 2.63. The van der Waals surface area contributed by atoms with Crippen LogP contribution in [0.4, 0.5) is 11.6 Å². The lowest BCUT2D eigenvalue weighted by atomic mass is 10.2. The van der Waals surface area contributed by atoms with E-state index in [9.17, 15) is 4.79 Å². The van der Waals surface area contributed by atoms with Gasteiger partial charge in [0, 0.05) is 28.8 Å². The van der Waals surface area contributed by atoms with Crippen LogP contribution in [0.25, 0.3) is 0 Å². The number of hydrogen-bond donors (Lipinski definition) is 2. The van der Waals surface area contributed by atoms with Crippen molar-refractivity contribution < 1.29 is 4.79 Å². The van der Waals surface area contributed by atoms with Crippen LogP contribution >= 0.6 is 15.9 Å². The number of rotatable bonds is 5. The van der Waals surface area contributed by atoms with E-state index in [0.717, 1.165) is 21.4 Å². The molecule has 0 fully saturated rings. The van der Waals surface area contributed by atoms with Crippen LogP contribution in [0.2, 0.25) is 0 Å². The van der Waals surface area contributed by atoms with Crippen molar-refractivity contribution in [2.45, 2.75) is 13.5 Å². The molecular formula is C18H16BrN5O. The van der Waals surface area contributed by atoms with Crippen LogP contribution in [0.3, 0.4) is 0 Å². The van der Waals surface area contributed by atoms with E-state index in [0.29, 0.717) is 18.1 Å². The molecule has 0 aliphatic rings. The van der Waals surface area contributed by atoms with Crippen molar-refractivity contribution in [3.63, 3.8) is 0 Å². The molecule has 2 aromatic heterocycles. The van der Waals surface area contributed by atoms with Gasteiger partial charge in [0.25, 0.3) is 5.91 Å². The molecule has 0 saturated carbocycles. The Kier molecular flexibility index (Phi) is 5.35. The molecule has 2 heterocycles. The van der Waals surface area contributed by atoms with Crippen molar-refractivity contribution in [3.8, 4) is 0 Å². The summed E-state index contributed by atoms with van der Waals surface area (Å²) >= 11 is 3.40. The summed E-state index contributed by atoms with van der Waals surface area (Å²) in [5.74, 6) is 0.198. The van der Waals surface area contributed by atoms with Gasteiger partial charge in [-0.25, -0.2) is 9.97 Å². The first-order chi connectivity index (χ1) is 12.1. The summed E-state index contributed by atoms with van der Waals surface area (Å²) in [4.78, 5) is 24.9. The number of aromatic nitrogens is 3. The van der Waals surface area contributed by atoms with Crippen LogP contribution in [0.1, 0.15) is 21.6 Å². The SMILES string of the molecule is Cc1cc(Br)ccc1NC(=O)c1cnc(NCc2ccccn2)nc1. The van der Waals surface area contributed by atoms with Crippen molar-refractivity contribution in [1.29, 1.82) is 0 Å². The zero-order valence-electron chi connectivity index (χ0n) is 13.5. The van der Waals surface area contributed by atoms with Crippen molar-refractivity contribution in [2.24, 2.45) is 0 Å². The molecule has 0 radical (unpaired) electrons. The second kappa shape index (κ2) is 7.85. The zero-order valence-corrected chi connectivity index (χ0v) is 15.1. The van der Waals surface area contributed by atoms with Gasteiger partial charge in [-0.15, -0.1) is 0 Å². The topological polar surface area (TPSA) is 79.8 Å². The minimum Gasteiger partial charge on any atom is -0.349 e. The number of anilines is 2. The molecule has 2 N–H and O–H groups in total. The van der Waals surface area contributed by atoms with Gasteiger partial charge in [-0.3, -0.25) is 9.78 Å². The van der Waals surface area contributed by atoms with Gasteiger partial charge in [-0.05, 0) is 42.8 Å². The summed E-state index contributed by atoms with van der Waals surface area (Å²) in [6, 6.07) is 11.4. The highest BCUT2D eigenvalue weighted by molar-refractivity contribution is 9.10. The maximum absolute atomic E-state index is 12.3. The third-order valence-electron chi connectivity index (χ3n) is 3.50. The summed E-state index contributed by atoms with van der Waals surface area (Å²) in [5, 5.41) is 5.93. The smallest absolute Gasteiger partial charge is 0.258 e. The van der Waals surface area contributed by atoms with Crippen LogP contribution in [0.15, 0.2) is 59.5 Å². The number of nitrogens with zero attached hydrogens (tertiary/aromatic N) is 3. The quantitative estimate of drug-likeness (QED) is 0.684. The van der Waals surface area contributed by atoms with Crippen molar-refractivity contribution >= 4 is 33.5 Å². The lowest BCUT2D eigenvalue weighted by molar-refractivity contribution is 0.102. The van der Waals surface area contributed by atoms with Crippen LogP contribution in [0.5, 0.6) is 0 Å². The van der Waals surface area contributed by atoms with Gasteiger partial charge in [0.1, 0.15) is 0 Å². The van der Waals surface area contributed by atoms with Crippen LogP contribution < -0.4 is 10.6 Å². The Bertz CT molecular complexity index is 868. The minimum atomic E-state index is -0.248. The Hall–Kier alpha value is -2.80. The predicted molar refractivity (Wildman–Crippen MR) is 100 cm³/mol. The molecule has 3 rings (SSSR count). The molecule has 0 aliphatic carbocycles. The van der Waals surface area contributed by atoms with Gasteiger partial charge < -0.3 is 10.6 Å². The number of halogens is 1. The highest BCUT2D eigenvalue weighted by Gasteiger charge is 2.09. The molecule has 0 atom stereocenters. The van der Waals surface area contributed by atoms with Crippen LogP contribution in [-0.4, -0.2) is 20.9 Å². The Morgan fingerprint density at radius 1 is 1.12 bits per heavy atom. The highest BCUT2D eigenvalue weighted by Crippen LogP contribution is 2.20. The normalized spacial score (nSPS) is 10.3. The first-order valence-corrected chi connectivity index (χ1v) is 8.44. The molecule has 0 unspecified atom stereocenters. The summed E-state index contributed by atoms with van der Waals surface area (Å²) < 4.78 is 0.967. The number of amides is 1. The fourth-order valence-electron chi connectivity index (χ4n) is 2.17. The largest absolute Gasteiger partial charge is 0.349 e. The van der Waals surface area contributed by atoms with Gasteiger partial charge in [0.05, 0.1) is 17.8 Å². The van der Waals surface area contributed by atoms with Gasteiger partial charge in [0.15, 0.2) is 0 Å². The van der Waals surface area contributed by atoms with Gasteiger partial charge in [-0.2, -0.15) is 0 Å². The standard InChI is InChI=1S/C18H16BrN5O/c1-12-8-14(19)5-6-16(12)24-17(25)13-9-21-18(22-10-13)23-11-15-4-2-3-7-20-15/h2-10H,11H2,1H3,(H,24,25)(H,21,22,23). The Balaban J connectivity index is 1.62. The molecular weight excluding hydrogens is 382 g/mol. The first-order valence-electron chi connectivity index (χ1n) is 7.65. The third-order valence-corrected chi connectivity index (χ3v) is 4.00. The van der Waals surface area contributed by atoms with E-state index in [2.05, 4.69) is 41.5 Å². The second-order valence-electron chi connectivity index (χ2n) is 5.38.